The fraction of sp³-hybridized carbons (Fsp3) is 0.308. The van der Waals surface area contributed by atoms with E-state index < -0.39 is 0 Å². The molecule has 1 fully saturated rings. The molecule has 3 rings (SSSR count). The number of nitrogens with one attached hydrogen (secondary N) is 2. The molecule has 1 aromatic heterocycles. The Hall–Kier alpha value is -1.03. The second-order valence-corrected chi connectivity index (χ2v) is 4.77. The molecule has 0 amide bonds. The molecule has 0 spiro atoms. The van der Waals surface area contributed by atoms with E-state index in [1.165, 1.54) is 0 Å². The lowest BCUT2D eigenvalue weighted by atomic mass is 10.1. The van der Waals surface area contributed by atoms with Crippen LogP contribution in [-0.2, 0) is 0 Å². The summed E-state index contributed by atoms with van der Waals surface area (Å²) in [6.07, 6.45) is 2.92. The van der Waals surface area contributed by atoms with Crippen LogP contribution in [0, 0.1) is 0 Å². The van der Waals surface area contributed by atoms with Crippen molar-refractivity contribution in [3.05, 3.63) is 35.5 Å². The lowest BCUT2D eigenvalue weighted by Gasteiger charge is -2.14. The SMILES string of the molecule is Cl.Clc1cc(N[C@H]2CCNC2)cc2cccnc12. The van der Waals surface area contributed by atoms with Crippen molar-refractivity contribution in [2.24, 2.45) is 0 Å². The van der Waals surface area contributed by atoms with E-state index in [-0.39, 0.29) is 12.4 Å². The van der Waals surface area contributed by atoms with E-state index in [1.807, 2.05) is 18.2 Å². The van der Waals surface area contributed by atoms with E-state index in [4.69, 9.17) is 11.6 Å². The second kappa shape index (κ2) is 5.74. The van der Waals surface area contributed by atoms with Gasteiger partial charge < -0.3 is 10.6 Å². The van der Waals surface area contributed by atoms with Gasteiger partial charge >= 0.3 is 0 Å². The highest BCUT2D eigenvalue weighted by molar-refractivity contribution is 6.35. The van der Waals surface area contributed by atoms with Gasteiger partial charge in [-0.3, -0.25) is 4.98 Å². The molecule has 5 heteroatoms. The maximum Gasteiger partial charge on any atom is 0.0889 e. The van der Waals surface area contributed by atoms with E-state index in [2.05, 4.69) is 21.7 Å². The average Bonchev–Trinajstić information content (AvgIpc) is 2.82. The second-order valence-electron chi connectivity index (χ2n) is 4.37. The number of hydrogen-bond donors (Lipinski definition) is 2. The van der Waals surface area contributed by atoms with E-state index >= 15 is 0 Å². The van der Waals surface area contributed by atoms with Crippen LogP contribution in [0.2, 0.25) is 5.02 Å². The predicted molar refractivity (Wildman–Crippen MR) is 78.9 cm³/mol. The smallest absolute Gasteiger partial charge is 0.0889 e. The normalized spacial score (nSPS) is 18.6. The van der Waals surface area contributed by atoms with Gasteiger partial charge in [-0.25, -0.2) is 0 Å². The molecular formula is C13H15Cl2N3. The zero-order chi connectivity index (χ0) is 11.7. The number of nitrogens with zero attached hydrogens (tertiary/aromatic N) is 1. The summed E-state index contributed by atoms with van der Waals surface area (Å²) >= 11 is 6.23. The number of anilines is 1. The maximum absolute atomic E-state index is 6.23. The molecule has 3 nitrogen and oxygen atoms in total. The van der Waals surface area contributed by atoms with Crippen molar-refractivity contribution < 1.29 is 0 Å². The van der Waals surface area contributed by atoms with Gasteiger partial charge in [0.25, 0.3) is 0 Å². The molecule has 2 N–H and O–H groups in total. The Morgan fingerprint density at radius 3 is 3.06 bits per heavy atom. The van der Waals surface area contributed by atoms with Crippen LogP contribution in [0.5, 0.6) is 0 Å². The number of hydrogen-bond acceptors (Lipinski definition) is 3. The van der Waals surface area contributed by atoms with E-state index in [0.717, 1.165) is 36.1 Å². The first-order chi connectivity index (χ1) is 8.33. The number of halogens is 2. The molecule has 2 heterocycles. The molecule has 1 atom stereocenters. The van der Waals surface area contributed by atoms with Gasteiger partial charge in [-0.15, -0.1) is 12.4 Å². The Morgan fingerprint density at radius 1 is 1.39 bits per heavy atom. The predicted octanol–water partition coefficient (Wildman–Crippen LogP) is 3.08. The number of aromatic nitrogens is 1. The standard InChI is InChI=1S/C13H14ClN3.ClH/c14-12-7-11(17-10-3-5-15-8-10)6-9-2-1-4-16-13(9)12;/h1-2,4,6-7,10,15,17H,3,5,8H2;1H/t10-;/m0./s1. The Morgan fingerprint density at radius 2 is 2.28 bits per heavy atom. The van der Waals surface area contributed by atoms with Crippen molar-refractivity contribution >= 4 is 40.6 Å². The van der Waals surface area contributed by atoms with Crippen LogP contribution in [0.3, 0.4) is 0 Å². The maximum atomic E-state index is 6.23. The van der Waals surface area contributed by atoms with Crippen molar-refractivity contribution in [3.63, 3.8) is 0 Å². The van der Waals surface area contributed by atoms with Gasteiger partial charge in [-0.2, -0.15) is 0 Å². The fourth-order valence-corrected chi connectivity index (χ4v) is 2.52. The summed E-state index contributed by atoms with van der Waals surface area (Å²) in [7, 11) is 0. The minimum atomic E-state index is 0. The summed E-state index contributed by atoms with van der Waals surface area (Å²) in [6.45, 7) is 2.10. The summed E-state index contributed by atoms with van der Waals surface area (Å²) in [6, 6.07) is 8.52. The molecule has 1 saturated heterocycles. The molecule has 2 aromatic rings. The quantitative estimate of drug-likeness (QED) is 0.890. The molecule has 0 aliphatic carbocycles. The molecule has 0 saturated carbocycles. The lowest BCUT2D eigenvalue weighted by molar-refractivity contribution is 0.793. The third-order valence-corrected chi connectivity index (χ3v) is 3.38. The van der Waals surface area contributed by atoms with Gasteiger partial charge in [0, 0.05) is 29.9 Å². The molecule has 1 aliphatic heterocycles. The van der Waals surface area contributed by atoms with Gasteiger partial charge in [0.05, 0.1) is 10.5 Å². The summed E-state index contributed by atoms with van der Waals surface area (Å²) in [5.41, 5.74) is 1.94. The zero-order valence-corrected chi connectivity index (χ0v) is 11.4. The Labute approximate surface area is 117 Å². The van der Waals surface area contributed by atoms with Crippen LogP contribution in [-0.4, -0.2) is 24.1 Å². The number of pyridine rings is 1. The van der Waals surface area contributed by atoms with Gasteiger partial charge in [0.2, 0.25) is 0 Å². The summed E-state index contributed by atoms with van der Waals surface area (Å²) in [4.78, 5) is 4.28. The first-order valence-corrected chi connectivity index (χ1v) is 6.22. The van der Waals surface area contributed by atoms with Crippen LogP contribution in [0.25, 0.3) is 10.9 Å². The molecule has 96 valence electrons. The topological polar surface area (TPSA) is 37.0 Å². The Kier molecular flexibility index (Phi) is 4.27. The molecule has 0 radical (unpaired) electrons. The van der Waals surface area contributed by atoms with Gasteiger partial charge in [0.15, 0.2) is 0 Å². The van der Waals surface area contributed by atoms with Crippen molar-refractivity contribution in [3.8, 4) is 0 Å². The van der Waals surface area contributed by atoms with Gasteiger partial charge in [-0.1, -0.05) is 17.7 Å². The van der Waals surface area contributed by atoms with Crippen molar-refractivity contribution in [2.75, 3.05) is 18.4 Å². The zero-order valence-electron chi connectivity index (χ0n) is 9.82. The molecular weight excluding hydrogens is 269 g/mol. The molecule has 0 unspecified atom stereocenters. The van der Waals surface area contributed by atoms with E-state index in [0.29, 0.717) is 11.1 Å². The first-order valence-electron chi connectivity index (χ1n) is 5.84. The largest absolute Gasteiger partial charge is 0.381 e. The third kappa shape index (κ3) is 2.69. The fourth-order valence-electron chi connectivity index (χ4n) is 2.24. The number of fused-ring (bicyclic) bond motifs is 1. The molecule has 1 aromatic carbocycles. The van der Waals surface area contributed by atoms with Crippen LogP contribution >= 0.6 is 24.0 Å². The highest BCUT2D eigenvalue weighted by atomic mass is 35.5. The van der Waals surface area contributed by atoms with Crippen molar-refractivity contribution in [2.45, 2.75) is 12.5 Å². The highest BCUT2D eigenvalue weighted by Crippen LogP contribution is 2.26. The molecule has 0 bridgehead atoms. The summed E-state index contributed by atoms with van der Waals surface area (Å²) in [5, 5.41) is 8.62. The van der Waals surface area contributed by atoms with E-state index in [9.17, 15) is 0 Å². The molecule has 1 aliphatic rings. The van der Waals surface area contributed by atoms with Crippen LogP contribution in [0.4, 0.5) is 5.69 Å². The highest BCUT2D eigenvalue weighted by Gasteiger charge is 2.14. The number of benzene rings is 1. The van der Waals surface area contributed by atoms with Crippen molar-refractivity contribution in [1.29, 1.82) is 0 Å². The number of rotatable bonds is 2. The van der Waals surface area contributed by atoms with E-state index in [1.54, 1.807) is 6.20 Å². The first kappa shape index (κ1) is 13.4. The van der Waals surface area contributed by atoms with Crippen LogP contribution < -0.4 is 10.6 Å². The lowest BCUT2D eigenvalue weighted by Crippen LogP contribution is -2.21. The average molecular weight is 284 g/mol. The molecule has 18 heavy (non-hydrogen) atoms. The Bertz CT molecular complexity index is 539. The Balaban J connectivity index is 0.00000120. The third-order valence-electron chi connectivity index (χ3n) is 3.09. The van der Waals surface area contributed by atoms with Gasteiger partial charge in [-0.05, 0) is 31.2 Å². The van der Waals surface area contributed by atoms with Gasteiger partial charge in [0.1, 0.15) is 0 Å². The summed E-state index contributed by atoms with van der Waals surface area (Å²) < 4.78 is 0. The van der Waals surface area contributed by atoms with Crippen molar-refractivity contribution in [1.82, 2.24) is 10.3 Å². The van der Waals surface area contributed by atoms with Crippen LogP contribution in [0.1, 0.15) is 6.42 Å². The monoisotopic (exact) mass is 283 g/mol. The van der Waals surface area contributed by atoms with Crippen LogP contribution in [0.15, 0.2) is 30.5 Å². The summed E-state index contributed by atoms with van der Waals surface area (Å²) in [5.74, 6) is 0. The minimum Gasteiger partial charge on any atom is -0.381 e. The minimum absolute atomic E-state index is 0.